The zero-order valence-corrected chi connectivity index (χ0v) is 22.1. The van der Waals surface area contributed by atoms with Gasteiger partial charge in [0.2, 0.25) is 0 Å². The van der Waals surface area contributed by atoms with E-state index in [1.807, 2.05) is 19.9 Å². The molecule has 0 spiro atoms. The lowest BCUT2D eigenvalue weighted by molar-refractivity contribution is -0.160. The third-order valence-electron chi connectivity index (χ3n) is 10.2. The van der Waals surface area contributed by atoms with Crippen LogP contribution in [0, 0.1) is 33.0 Å². The Hall–Kier alpha value is -2.04. The van der Waals surface area contributed by atoms with Gasteiger partial charge in [-0.3, -0.25) is 9.59 Å². The first kappa shape index (κ1) is 26.6. The highest BCUT2D eigenvalue weighted by molar-refractivity contribution is 5.91. The number of ketones is 1. The second-order valence-electron chi connectivity index (χ2n) is 13.3. The Balaban J connectivity index is 1.95. The number of rotatable bonds is 4. The van der Waals surface area contributed by atoms with Crippen molar-refractivity contribution in [2.75, 3.05) is 0 Å². The van der Waals surface area contributed by atoms with Crippen molar-refractivity contribution in [3.8, 4) is 0 Å². The quantitative estimate of drug-likeness (QED) is 0.399. The van der Waals surface area contributed by atoms with Gasteiger partial charge in [0, 0.05) is 6.42 Å². The fraction of sp³-hybridized carbons (Fsp3) is 0.724. The van der Waals surface area contributed by atoms with Gasteiger partial charge in [-0.05, 0) is 111 Å². The molecule has 0 amide bonds. The minimum atomic E-state index is -0.741. The molecule has 0 heterocycles. The number of allylic oxidation sites excluding steroid dienone is 4. The first-order valence-electron chi connectivity index (χ1n) is 12.7. The number of carboxylic acid groups (broad SMARTS) is 1. The van der Waals surface area contributed by atoms with Crippen LogP contribution in [0.5, 0.6) is 0 Å². The van der Waals surface area contributed by atoms with E-state index in [4.69, 9.17) is 0 Å². The molecule has 3 N–H and O–H groups in total. The van der Waals surface area contributed by atoms with Gasteiger partial charge in [-0.2, -0.15) is 0 Å². The van der Waals surface area contributed by atoms with Crippen molar-refractivity contribution in [1.29, 1.82) is 0 Å². The van der Waals surface area contributed by atoms with Crippen LogP contribution in [-0.4, -0.2) is 27.1 Å². The van der Waals surface area contributed by atoms with E-state index in [0.717, 1.165) is 38.5 Å². The Morgan fingerprint density at radius 2 is 1.74 bits per heavy atom. The van der Waals surface area contributed by atoms with E-state index in [2.05, 4.69) is 27.7 Å². The number of aliphatic hydroxyl groups excluding tert-OH is 2. The Morgan fingerprint density at radius 3 is 2.35 bits per heavy atom. The van der Waals surface area contributed by atoms with Gasteiger partial charge in [0.1, 0.15) is 0 Å². The van der Waals surface area contributed by atoms with Gasteiger partial charge < -0.3 is 15.3 Å². The smallest absolute Gasteiger partial charge is 0.309 e. The Kier molecular flexibility index (Phi) is 6.69. The van der Waals surface area contributed by atoms with Crippen molar-refractivity contribution >= 4 is 11.8 Å². The summed E-state index contributed by atoms with van der Waals surface area (Å²) in [6.07, 6.45) is 12.0. The van der Waals surface area contributed by atoms with Crippen LogP contribution < -0.4 is 0 Å². The van der Waals surface area contributed by atoms with Crippen LogP contribution >= 0.6 is 0 Å². The summed E-state index contributed by atoms with van der Waals surface area (Å²) in [5.41, 5.74) is -0.561. The average molecular weight is 473 g/mol. The van der Waals surface area contributed by atoms with Crippen molar-refractivity contribution in [1.82, 2.24) is 0 Å². The molecular formula is C29H44O5. The number of carbonyl (C=O) groups excluding carboxylic acids is 1. The maximum absolute atomic E-state index is 13.1. The Morgan fingerprint density at radius 1 is 1.09 bits per heavy atom. The molecular weight excluding hydrogens is 428 g/mol. The number of hydrogen-bond donors (Lipinski definition) is 3. The first-order valence-corrected chi connectivity index (χ1v) is 12.7. The van der Waals surface area contributed by atoms with Gasteiger partial charge in [-0.15, -0.1) is 0 Å². The van der Waals surface area contributed by atoms with E-state index >= 15 is 0 Å². The van der Waals surface area contributed by atoms with Crippen molar-refractivity contribution < 1.29 is 24.9 Å². The van der Waals surface area contributed by atoms with Gasteiger partial charge in [0.15, 0.2) is 17.3 Å². The molecule has 190 valence electrons. The van der Waals surface area contributed by atoms with E-state index in [-0.39, 0.29) is 44.9 Å². The normalized spacial score (nSPS) is 43.8. The predicted octanol–water partition coefficient (Wildman–Crippen LogP) is 7.30. The summed E-state index contributed by atoms with van der Waals surface area (Å²) in [5.74, 6) is -1.07. The van der Waals surface area contributed by atoms with E-state index < -0.39 is 11.4 Å². The van der Waals surface area contributed by atoms with Crippen LogP contribution in [0.3, 0.4) is 0 Å². The standard InChI is InChI=1S/C29H44O5/c1-19-16-20(30)17-22-27(5,9-8-21(31)23(19)32)13-14-28(6)18-26(4,12-15-29(22,28)7)11-10-25(2,3)24(33)34/h8-9,16,22,31-32H,10-15,17-18H2,1-7H3,(H,33,34)/b9-8-,19-16-,23-21-/t22-,26+,27+,28-,29+/m0/s1. The fourth-order valence-corrected chi connectivity index (χ4v) is 7.22. The highest BCUT2D eigenvalue weighted by atomic mass is 16.4. The van der Waals surface area contributed by atoms with Crippen LogP contribution in [0.4, 0.5) is 0 Å². The van der Waals surface area contributed by atoms with Gasteiger partial charge >= 0.3 is 5.97 Å². The van der Waals surface area contributed by atoms with Crippen LogP contribution in [0.25, 0.3) is 0 Å². The maximum atomic E-state index is 13.1. The largest absolute Gasteiger partial charge is 0.504 e. The Labute approximate surface area is 205 Å². The third kappa shape index (κ3) is 4.59. The van der Waals surface area contributed by atoms with Crippen molar-refractivity contribution in [2.45, 2.75) is 99.8 Å². The average Bonchev–Trinajstić information content (AvgIpc) is 2.74. The lowest BCUT2D eigenvalue weighted by Crippen LogP contribution is -2.58. The molecule has 0 unspecified atom stereocenters. The number of carbonyl (C=O) groups is 2. The molecule has 2 fully saturated rings. The molecule has 5 heteroatoms. The first-order chi connectivity index (χ1) is 15.5. The molecule has 0 aromatic heterocycles. The van der Waals surface area contributed by atoms with Gasteiger partial charge in [-0.25, -0.2) is 0 Å². The second-order valence-corrected chi connectivity index (χ2v) is 13.3. The van der Waals surface area contributed by atoms with Crippen LogP contribution in [0.2, 0.25) is 0 Å². The minimum Gasteiger partial charge on any atom is -0.504 e. The van der Waals surface area contributed by atoms with E-state index in [1.165, 1.54) is 6.08 Å². The summed E-state index contributed by atoms with van der Waals surface area (Å²) >= 11 is 0. The molecule has 3 aliphatic rings. The molecule has 3 aliphatic carbocycles. The zero-order chi connectivity index (χ0) is 25.7. The van der Waals surface area contributed by atoms with Crippen molar-refractivity contribution in [3.63, 3.8) is 0 Å². The van der Waals surface area contributed by atoms with Crippen LogP contribution in [-0.2, 0) is 9.59 Å². The highest BCUT2D eigenvalue weighted by Crippen LogP contribution is 2.70. The van der Waals surface area contributed by atoms with Crippen LogP contribution in [0.15, 0.2) is 35.3 Å². The summed E-state index contributed by atoms with van der Waals surface area (Å²) in [7, 11) is 0. The summed E-state index contributed by atoms with van der Waals surface area (Å²) < 4.78 is 0. The minimum absolute atomic E-state index is 0.00890. The molecule has 0 aromatic carbocycles. The molecule has 0 bridgehead atoms. The number of fused-ring (bicyclic) bond motifs is 3. The number of hydrogen-bond acceptors (Lipinski definition) is 4. The van der Waals surface area contributed by atoms with E-state index in [0.29, 0.717) is 18.4 Å². The molecule has 5 nitrogen and oxygen atoms in total. The topological polar surface area (TPSA) is 94.8 Å². The molecule has 3 rings (SSSR count). The number of carboxylic acids is 1. The summed E-state index contributed by atoms with van der Waals surface area (Å²) in [5, 5.41) is 30.2. The fourth-order valence-electron chi connectivity index (χ4n) is 7.22. The van der Waals surface area contributed by atoms with E-state index in [1.54, 1.807) is 13.0 Å². The summed E-state index contributed by atoms with van der Waals surface area (Å²) in [6, 6.07) is 0. The second kappa shape index (κ2) is 8.57. The van der Waals surface area contributed by atoms with Crippen molar-refractivity contribution in [2.24, 2.45) is 33.0 Å². The molecule has 34 heavy (non-hydrogen) atoms. The van der Waals surface area contributed by atoms with Crippen molar-refractivity contribution in [3.05, 3.63) is 35.3 Å². The van der Waals surface area contributed by atoms with Crippen LogP contribution in [0.1, 0.15) is 99.8 Å². The summed E-state index contributed by atoms with van der Waals surface area (Å²) in [4.78, 5) is 24.8. The number of aliphatic hydroxyl groups is 2. The SMILES string of the molecule is CC1=C/C(=O)C[C@H]2[C@](C)(\C=C/C(O)=C\1O)CC[C@@]1(C)C[C@](C)(CCC(C)(C)C(=O)O)CC[C@]21C. The predicted molar refractivity (Wildman–Crippen MR) is 134 cm³/mol. The summed E-state index contributed by atoms with van der Waals surface area (Å²) in [6.45, 7) is 14.5. The lowest BCUT2D eigenvalue weighted by Gasteiger charge is -2.66. The molecule has 0 radical (unpaired) electrons. The molecule has 2 saturated carbocycles. The third-order valence-corrected chi connectivity index (χ3v) is 10.2. The van der Waals surface area contributed by atoms with Gasteiger partial charge in [-0.1, -0.05) is 33.8 Å². The Bertz CT molecular complexity index is 956. The lowest BCUT2D eigenvalue weighted by atomic mass is 9.39. The monoisotopic (exact) mass is 472 g/mol. The molecule has 5 atom stereocenters. The van der Waals surface area contributed by atoms with Gasteiger partial charge in [0.25, 0.3) is 0 Å². The molecule has 0 aromatic rings. The highest BCUT2D eigenvalue weighted by Gasteiger charge is 2.61. The van der Waals surface area contributed by atoms with E-state index in [9.17, 15) is 24.9 Å². The maximum Gasteiger partial charge on any atom is 0.309 e. The molecule has 0 saturated heterocycles. The molecule has 0 aliphatic heterocycles. The number of aliphatic carboxylic acids is 1. The zero-order valence-electron chi connectivity index (χ0n) is 22.1. The van der Waals surface area contributed by atoms with Gasteiger partial charge in [0.05, 0.1) is 5.41 Å².